The highest BCUT2D eigenvalue weighted by molar-refractivity contribution is 5.98. The first-order valence-corrected chi connectivity index (χ1v) is 5.01. The number of carbonyl (C=O) groups is 1. The van der Waals surface area contributed by atoms with Gasteiger partial charge in [-0.1, -0.05) is 26.0 Å². The normalized spacial score (nSPS) is 11.1. The summed E-state index contributed by atoms with van der Waals surface area (Å²) in [4.78, 5) is 14.1. The number of carbonyl (C=O) groups excluding carboxylic acids is 1. The highest BCUT2D eigenvalue weighted by atomic mass is 16.1. The molecule has 3 heteroatoms. The maximum Gasteiger partial charge on any atom is 0.265 e. The molecule has 2 rings (SSSR count). The molecule has 1 aromatic heterocycles. The van der Waals surface area contributed by atoms with Crippen LogP contribution in [0, 0.1) is 0 Å². The van der Waals surface area contributed by atoms with Crippen molar-refractivity contribution in [2.24, 2.45) is 5.73 Å². The van der Waals surface area contributed by atoms with Crippen molar-refractivity contribution in [1.82, 2.24) is 4.98 Å². The zero-order chi connectivity index (χ0) is 11.0. The molecule has 0 spiro atoms. The fourth-order valence-corrected chi connectivity index (χ4v) is 1.81. The molecule has 3 N–H and O–H groups in total. The lowest BCUT2D eigenvalue weighted by atomic mass is 9.99. The molecule has 1 aromatic carbocycles. The van der Waals surface area contributed by atoms with Gasteiger partial charge in [-0.25, -0.2) is 0 Å². The zero-order valence-corrected chi connectivity index (χ0v) is 8.87. The van der Waals surface area contributed by atoms with Gasteiger partial charge in [0.05, 0.1) is 0 Å². The van der Waals surface area contributed by atoms with Crippen molar-refractivity contribution in [1.29, 1.82) is 0 Å². The number of benzene rings is 1. The second-order valence-corrected chi connectivity index (χ2v) is 4.01. The lowest BCUT2D eigenvalue weighted by Gasteiger charge is -2.05. The van der Waals surface area contributed by atoms with Crippen molar-refractivity contribution in [3.63, 3.8) is 0 Å². The third-order valence-electron chi connectivity index (χ3n) is 2.59. The number of nitrogens with one attached hydrogen (secondary N) is 1. The van der Waals surface area contributed by atoms with E-state index in [-0.39, 0.29) is 0 Å². The highest BCUT2D eigenvalue weighted by Crippen LogP contribution is 2.25. The fraction of sp³-hybridized carbons (Fsp3) is 0.250. The summed E-state index contributed by atoms with van der Waals surface area (Å²) in [6.07, 6.45) is 0. The maximum atomic E-state index is 11.0. The van der Waals surface area contributed by atoms with E-state index < -0.39 is 5.91 Å². The lowest BCUT2D eigenvalue weighted by Crippen LogP contribution is -2.10. The van der Waals surface area contributed by atoms with E-state index in [1.54, 1.807) is 0 Å². The Balaban J connectivity index is 2.69. The smallest absolute Gasteiger partial charge is 0.265 e. The second-order valence-electron chi connectivity index (χ2n) is 4.01. The summed E-state index contributed by atoms with van der Waals surface area (Å²) < 4.78 is 0. The Morgan fingerprint density at radius 3 is 2.73 bits per heavy atom. The van der Waals surface area contributed by atoms with Crippen LogP contribution < -0.4 is 5.73 Å². The number of rotatable bonds is 2. The molecule has 0 aliphatic rings. The van der Waals surface area contributed by atoms with Crippen LogP contribution in [0.4, 0.5) is 0 Å². The molecule has 0 aliphatic carbocycles. The van der Waals surface area contributed by atoms with E-state index in [9.17, 15) is 4.79 Å². The van der Waals surface area contributed by atoms with Crippen LogP contribution >= 0.6 is 0 Å². The Kier molecular flexibility index (Phi) is 2.23. The predicted octanol–water partition coefficient (Wildman–Crippen LogP) is 2.39. The molecule has 15 heavy (non-hydrogen) atoms. The number of hydrogen-bond donors (Lipinski definition) is 2. The number of H-pyrrole nitrogens is 1. The Morgan fingerprint density at radius 1 is 1.40 bits per heavy atom. The Labute approximate surface area is 88.3 Å². The first-order chi connectivity index (χ1) is 7.09. The van der Waals surface area contributed by atoms with Gasteiger partial charge in [-0.15, -0.1) is 0 Å². The second kappa shape index (κ2) is 3.42. The molecular weight excluding hydrogens is 188 g/mol. The average Bonchev–Trinajstić information content (AvgIpc) is 2.60. The van der Waals surface area contributed by atoms with E-state index in [1.165, 1.54) is 5.56 Å². The molecule has 0 atom stereocenters. The minimum absolute atomic E-state index is 0.416. The van der Waals surface area contributed by atoms with Gasteiger partial charge in [0.2, 0.25) is 0 Å². The van der Waals surface area contributed by atoms with Gasteiger partial charge in [-0.2, -0.15) is 0 Å². The van der Waals surface area contributed by atoms with E-state index >= 15 is 0 Å². The summed E-state index contributed by atoms with van der Waals surface area (Å²) in [7, 11) is 0. The minimum atomic E-state index is -0.416. The number of aromatic nitrogens is 1. The number of primary amides is 1. The van der Waals surface area contributed by atoms with E-state index in [4.69, 9.17) is 5.73 Å². The third kappa shape index (κ3) is 1.61. The first kappa shape index (κ1) is 9.77. The van der Waals surface area contributed by atoms with Crippen LogP contribution in [-0.4, -0.2) is 10.9 Å². The summed E-state index contributed by atoms with van der Waals surface area (Å²) in [5.74, 6) is 0.0196. The molecule has 0 saturated carbocycles. The molecule has 0 radical (unpaired) electrons. The van der Waals surface area contributed by atoms with Gasteiger partial charge in [0.1, 0.15) is 5.69 Å². The summed E-state index contributed by atoms with van der Waals surface area (Å²) >= 11 is 0. The van der Waals surface area contributed by atoms with Crippen LogP contribution in [0.3, 0.4) is 0 Å². The molecule has 0 saturated heterocycles. The lowest BCUT2D eigenvalue weighted by molar-refractivity contribution is 0.0996. The summed E-state index contributed by atoms with van der Waals surface area (Å²) in [5.41, 5.74) is 7.90. The molecule has 2 aromatic rings. The van der Waals surface area contributed by atoms with Gasteiger partial charge >= 0.3 is 0 Å². The molecule has 0 unspecified atom stereocenters. The van der Waals surface area contributed by atoms with Crippen molar-refractivity contribution in [3.8, 4) is 0 Å². The van der Waals surface area contributed by atoms with Crippen molar-refractivity contribution >= 4 is 16.8 Å². The monoisotopic (exact) mass is 202 g/mol. The number of aromatic amines is 1. The van der Waals surface area contributed by atoms with Gasteiger partial charge in [0.25, 0.3) is 5.91 Å². The molecular formula is C12H14N2O. The van der Waals surface area contributed by atoms with Crippen molar-refractivity contribution in [3.05, 3.63) is 35.5 Å². The molecule has 78 valence electrons. The van der Waals surface area contributed by atoms with Crippen LogP contribution in [0.1, 0.15) is 35.8 Å². The first-order valence-electron chi connectivity index (χ1n) is 5.01. The van der Waals surface area contributed by atoms with Crippen LogP contribution in [0.5, 0.6) is 0 Å². The summed E-state index contributed by atoms with van der Waals surface area (Å²) in [6, 6.07) is 7.84. The summed E-state index contributed by atoms with van der Waals surface area (Å²) in [5, 5.41) is 1.08. The number of amides is 1. The topological polar surface area (TPSA) is 58.9 Å². The molecule has 0 aliphatic heterocycles. The third-order valence-corrected chi connectivity index (χ3v) is 2.59. The Bertz CT molecular complexity index is 511. The maximum absolute atomic E-state index is 11.0. The number of nitrogens with two attached hydrogens (primary N) is 1. The van der Waals surface area contributed by atoms with Crippen LogP contribution in [0.15, 0.2) is 24.3 Å². The zero-order valence-electron chi connectivity index (χ0n) is 8.87. The van der Waals surface area contributed by atoms with Crippen LogP contribution in [-0.2, 0) is 0 Å². The van der Waals surface area contributed by atoms with Gasteiger partial charge in [-0.3, -0.25) is 4.79 Å². The number of fused-ring (bicyclic) bond motifs is 1. The summed E-state index contributed by atoms with van der Waals surface area (Å²) in [6.45, 7) is 4.26. The standard InChI is InChI=1S/C12H14N2O/c1-7(2)8-4-3-5-10-9(8)6-11(14-10)12(13)15/h3-7,14H,1-2H3,(H2,13,15). The predicted molar refractivity (Wildman–Crippen MR) is 60.9 cm³/mol. The largest absolute Gasteiger partial charge is 0.364 e. The highest BCUT2D eigenvalue weighted by Gasteiger charge is 2.10. The fourth-order valence-electron chi connectivity index (χ4n) is 1.81. The van der Waals surface area contributed by atoms with Crippen LogP contribution in [0.25, 0.3) is 10.9 Å². The van der Waals surface area contributed by atoms with Crippen molar-refractivity contribution < 1.29 is 4.79 Å². The van der Waals surface area contributed by atoms with E-state index in [2.05, 4.69) is 24.9 Å². The molecule has 1 amide bonds. The van der Waals surface area contributed by atoms with E-state index in [0.717, 1.165) is 10.9 Å². The minimum Gasteiger partial charge on any atom is -0.364 e. The van der Waals surface area contributed by atoms with Gasteiger partial charge in [-0.05, 0) is 23.6 Å². The Hall–Kier alpha value is -1.77. The van der Waals surface area contributed by atoms with Crippen molar-refractivity contribution in [2.75, 3.05) is 0 Å². The number of hydrogen-bond acceptors (Lipinski definition) is 1. The molecule has 3 nitrogen and oxygen atoms in total. The molecule has 0 fully saturated rings. The van der Waals surface area contributed by atoms with E-state index in [0.29, 0.717) is 11.6 Å². The van der Waals surface area contributed by atoms with Gasteiger partial charge in [0, 0.05) is 10.9 Å². The SMILES string of the molecule is CC(C)c1cccc2[nH]c(C(N)=O)cc12. The quantitative estimate of drug-likeness (QED) is 0.771. The van der Waals surface area contributed by atoms with E-state index in [1.807, 2.05) is 18.2 Å². The van der Waals surface area contributed by atoms with Crippen LogP contribution in [0.2, 0.25) is 0 Å². The van der Waals surface area contributed by atoms with Crippen molar-refractivity contribution in [2.45, 2.75) is 19.8 Å². The Morgan fingerprint density at radius 2 is 2.13 bits per heavy atom. The van der Waals surface area contributed by atoms with Gasteiger partial charge < -0.3 is 10.7 Å². The average molecular weight is 202 g/mol. The molecule has 0 bridgehead atoms. The molecule has 1 heterocycles. The van der Waals surface area contributed by atoms with Gasteiger partial charge in [0.15, 0.2) is 0 Å².